The number of thiocarbonyl (C=S) groups is 1. The summed E-state index contributed by atoms with van der Waals surface area (Å²) in [4.78, 5) is 44.2. The van der Waals surface area contributed by atoms with E-state index in [9.17, 15) is 19.5 Å². The largest absolute Gasteiger partial charge is 0.480 e. The van der Waals surface area contributed by atoms with Gasteiger partial charge in [0, 0.05) is 29.9 Å². The van der Waals surface area contributed by atoms with Gasteiger partial charge in [0.15, 0.2) is 0 Å². The molecule has 0 spiro atoms. The lowest BCUT2D eigenvalue weighted by atomic mass is 9.95. The van der Waals surface area contributed by atoms with Crippen LogP contribution in [0, 0.1) is 0 Å². The lowest BCUT2D eigenvalue weighted by molar-refractivity contribution is -0.142. The number of benzene rings is 4. The van der Waals surface area contributed by atoms with Gasteiger partial charge in [0.05, 0.1) is 10.3 Å². The molecule has 2 amide bonds. The van der Waals surface area contributed by atoms with Gasteiger partial charge in [0.2, 0.25) is 5.91 Å². The van der Waals surface area contributed by atoms with Gasteiger partial charge in [-0.3, -0.25) is 24.2 Å². The molecule has 0 bridgehead atoms. The molecule has 10 heteroatoms. The van der Waals surface area contributed by atoms with Gasteiger partial charge < -0.3 is 10.0 Å². The summed E-state index contributed by atoms with van der Waals surface area (Å²) in [6, 6.07) is 36.8. The number of hydrogen-bond donors (Lipinski definition) is 1. The standard InChI is InChI=1S/C42H37N3O4S3/c1-2-43-40(49)38(52-42(43)50)41-44(25-37(46)47)39(48)36(51-41)24-27-18-21-35-33(23-27)31-14-9-15-34(31)45(35)30-19-16-26(17-20-30)22-32(28-10-5-3-6-11-28)29-12-7-4-8-13-29/h3-8,10-13,16-23,31,34,36H,2,9,14-15,24-25H2,1H3,(H,46,47)/b41-38+. The number of anilines is 2. The molecule has 3 aliphatic heterocycles. The van der Waals surface area contributed by atoms with E-state index in [1.807, 2.05) is 19.1 Å². The number of aliphatic carboxylic acids is 1. The molecule has 4 aliphatic rings. The fourth-order valence-corrected chi connectivity index (χ4v) is 10.8. The van der Waals surface area contributed by atoms with E-state index in [2.05, 4.69) is 102 Å². The fraction of sp³-hybridized carbons (Fsp3) is 0.238. The first kappa shape index (κ1) is 34.4. The number of hydrogen-bond acceptors (Lipinski definition) is 7. The number of carbonyl (C=O) groups is 3. The SMILES string of the molecule is CCN1C(=O)/C(=C2\SC(Cc3ccc4c(c3)C3CCCC3N4c3ccc(C=C(c4ccccc4)c4ccccc4)cc3)C(=O)N2CC(=O)O)SC1=S. The highest BCUT2D eigenvalue weighted by Crippen LogP contribution is 2.53. The number of carboxylic acids is 1. The van der Waals surface area contributed by atoms with Crippen molar-refractivity contribution in [1.82, 2.24) is 9.80 Å². The molecule has 262 valence electrons. The smallest absolute Gasteiger partial charge is 0.323 e. The van der Waals surface area contributed by atoms with E-state index in [0.717, 1.165) is 42.2 Å². The molecule has 1 saturated carbocycles. The van der Waals surface area contributed by atoms with Crippen LogP contribution in [0.2, 0.25) is 0 Å². The van der Waals surface area contributed by atoms with Crippen LogP contribution in [0.25, 0.3) is 11.6 Å². The summed E-state index contributed by atoms with van der Waals surface area (Å²) in [5.74, 6) is -1.29. The third kappa shape index (κ3) is 6.37. The minimum Gasteiger partial charge on any atom is -0.480 e. The minimum absolute atomic E-state index is 0.273. The molecule has 3 atom stereocenters. The first-order valence-corrected chi connectivity index (χ1v) is 19.7. The van der Waals surface area contributed by atoms with Crippen molar-refractivity contribution >= 4 is 80.9 Å². The highest BCUT2D eigenvalue weighted by Gasteiger charge is 2.45. The maximum atomic E-state index is 13.7. The lowest BCUT2D eigenvalue weighted by Crippen LogP contribution is -2.35. The molecule has 4 aromatic carbocycles. The van der Waals surface area contributed by atoms with Gasteiger partial charge in [-0.25, -0.2) is 0 Å². The second-order valence-corrected chi connectivity index (χ2v) is 16.3. The molecule has 3 heterocycles. The van der Waals surface area contributed by atoms with E-state index in [0.29, 0.717) is 39.2 Å². The Morgan fingerprint density at radius 1 is 0.904 bits per heavy atom. The number of rotatable bonds is 9. The monoisotopic (exact) mass is 743 g/mol. The van der Waals surface area contributed by atoms with Gasteiger partial charge in [-0.2, -0.15) is 0 Å². The number of amides is 2. The molecule has 0 aromatic heterocycles. The quantitative estimate of drug-likeness (QED) is 0.104. The average Bonchev–Trinajstić information content (AvgIpc) is 3.90. The Bertz CT molecular complexity index is 2090. The second-order valence-electron chi connectivity index (χ2n) is 13.4. The molecule has 52 heavy (non-hydrogen) atoms. The number of carbonyl (C=O) groups excluding carboxylic acids is 2. The summed E-state index contributed by atoms with van der Waals surface area (Å²) in [5.41, 5.74) is 9.38. The zero-order chi connectivity index (χ0) is 35.9. The Morgan fingerprint density at radius 2 is 1.60 bits per heavy atom. The molecular weight excluding hydrogens is 707 g/mol. The molecule has 0 radical (unpaired) electrons. The van der Waals surface area contributed by atoms with Crippen LogP contribution in [0.1, 0.15) is 59.9 Å². The van der Waals surface area contributed by atoms with Gasteiger partial charge in [0.1, 0.15) is 15.8 Å². The Hall–Kier alpha value is -4.64. The molecular formula is C42H37N3O4S3. The van der Waals surface area contributed by atoms with E-state index < -0.39 is 17.8 Å². The van der Waals surface area contributed by atoms with E-state index in [-0.39, 0.29) is 11.8 Å². The Morgan fingerprint density at radius 3 is 2.23 bits per heavy atom. The van der Waals surface area contributed by atoms with Gasteiger partial charge in [0.25, 0.3) is 5.91 Å². The highest BCUT2D eigenvalue weighted by atomic mass is 32.2. The molecule has 8 rings (SSSR count). The summed E-state index contributed by atoms with van der Waals surface area (Å²) in [6.45, 7) is 1.76. The zero-order valence-corrected chi connectivity index (χ0v) is 31.1. The molecule has 7 nitrogen and oxygen atoms in total. The number of carboxylic acid groups (broad SMARTS) is 1. The molecule has 3 fully saturated rings. The molecule has 2 saturated heterocycles. The maximum Gasteiger partial charge on any atom is 0.323 e. The molecule has 3 unspecified atom stereocenters. The third-order valence-corrected chi connectivity index (χ3v) is 13.2. The summed E-state index contributed by atoms with van der Waals surface area (Å²) in [6.07, 6.45) is 6.08. The predicted molar refractivity (Wildman–Crippen MR) is 214 cm³/mol. The zero-order valence-electron chi connectivity index (χ0n) is 28.6. The van der Waals surface area contributed by atoms with Crippen LogP contribution >= 0.6 is 35.7 Å². The van der Waals surface area contributed by atoms with Crippen molar-refractivity contribution in [2.24, 2.45) is 0 Å². The van der Waals surface area contributed by atoms with Crippen LogP contribution < -0.4 is 4.90 Å². The Labute approximate surface area is 317 Å². The van der Waals surface area contributed by atoms with Crippen molar-refractivity contribution in [2.45, 2.75) is 49.8 Å². The van der Waals surface area contributed by atoms with Gasteiger partial charge >= 0.3 is 5.97 Å². The summed E-state index contributed by atoms with van der Waals surface area (Å²) in [5, 5.41) is 9.50. The van der Waals surface area contributed by atoms with Gasteiger partial charge in [-0.15, -0.1) is 0 Å². The van der Waals surface area contributed by atoms with Crippen LogP contribution in [0.15, 0.2) is 113 Å². The van der Waals surface area contributed by atoms with Crippen LogP contribution in [0.3, 0.4) is 0 Å². The topological polar surface area (TPSA) is 81.2 Å². The van der Waals surface area contributed by atoms with E-state index >= 15 is 0 Å². The molecule has 1 aliphatic carbocycles. The van der Waals surface area contributed by atoms with Crippen LogP contribution in [-0.2, 0) is 20.8 Å². The van der Waals surface area contributed by atoms with Crippen LogP contribution in [-0.4, -0.2) is 61.4 Å². The predicted octanol–water partition coefficient (Wildman–Crippen LogP) is 8.68. The first-order valence-electron chi connectivity index (χ1n) is 17.6. The van der Waals surface area contributed by atoms with Crippen molar-refractivity contribution in [3.63, 3.8) is 0 Å². The van der Waals surface area contributed by atoms with Gasteiger partial charge in [-0.1, -0.05) is 127 Å². The van der Waals surface area contributed by atoms with Crippen molar-refractivity contribution in [1.29, 1.82) is 0 Å². The number of fused-ring (bicyclic) bond motifs is 3. The van der Waals surface area contributed by atoms with Crippen molar-refractivity contribution < 1.29 is 19.5 Å². The van der Waals surface area contributed by atoms with Crippen LogP contribution in [0.5, 0.6) is 0 Å². The van der Waals surface area contributed by atoms with Crippen molar-refractivity contribution in [3.8, 4) is 0 Å². The van der Waals surface area contributed by atoms with E-state index in [4.69, 9.17) is 12.2 Å². The second kappa shape index (κ2) is 14.4. The van der Waals surface area contributed by atoms with E-state index in [1.54, 1.807) is 0 Å². The summed E-state index contributed by atoms with van der Waals surface area (Å²) in [7, 11) is 0. The number of thioether (sulfide) groups is 2. The third-order valence-electron chi connectivity index (χ3n) is 10.3. The summed E-state index contributed by atoms with van der Waals surface area (Å²) < 4.78 is 0.422. The fourth-order valence-electron chi connectivity index (χ4n) is 7.96. The summed E-state index contributed by atoms with van der Waals surface area (Å²) >= 11 is 7.83. The van der Waals surface area contributed by atoms with Crippen LogP contribution in [0.4, 0.5) is 11.4 Å². The normalized spacial score (nSPS) is 22.3. The maximum absolute atomic E-state index is 13.7. The van der Waals surface area contributed by atoms with Crippen molar-refractivity contribution in [2.75, 3.05) is 18.0 Å². The highest BCUT2D eigenvalue weighted by molar-refractivity contribution is 8.27. The molecule has 4 aromatic rings. The first-order chi connectivity index (χ1) is 25.3. The Balaban J connectivity index is 1.06. The van der Waals surface area contributed by atoms with Gasteiger partial charge in [-0.05, 0) is 83.9 Å². The number of likely N-dealkylation sites (N-methyl/N-ethyl adjacent to an activating group) is 1. The molecule has 1 N–H and O–H groups in total. The Kier molecular flexibility index (Phi) is 9.55. The lowest BCUT2D eigenvalue weighted by Gasteiger charge is -2.27. The van der Waals surface area contributed by atoms with E-state index in [1.165, 1.54) is 55.2 Å². The van der Waals surface area contributed by atoms with Crippen molar-refractivity contribution in [3.05, 3.63) is 141 Å². The average molecular weight is 744 g/mol. The minimum atomic E-state index is -1.13. The number of nitrogens with zero attached hydrogens (tertiary/aromatic N) is 3.